The summed E-state index contributed by atoms with van der Waals surface area (Å²) in [7, 11) is 0. The molecule has 178 valence electrons. The maximum atomic E-state index is 9.30. The first-order valence-electron chi connectivity index (χ1n) is 13.6. The first-order valence-corrected chi connectivity index (χ1v) is 13.6. The molecule has 0 saturated heterocycles. The van der Waals surface area contributed by atoms with E-state index < -0.39 is 0 Å². The maximum absolute atomic E-state index is 9.30. The van der Waals surface area contributed by atoms with Crippen LogP contribution in [0.2, 0.25) is 0 Å². The van der Waals surface area contributed by atoms with E-state index in [0.29, 0.717) is 0 Å². The zero-order chi connectivity index (χ0) is 22.1. The third-order valence-corrected chi connectivity index (χ3v) is 6.15. The van der Waals surface area contributed by atoms with E-state index in [-0.39, 0.29) is 6.61 Å². The Hall–Kier alpha value is -0.0800. The molecule has 0 bridgehead atoms. The standard InChI is InChI=1S/C24H52N.C3H7O/c1-5-9-13-17-21-25(22-18-14-10-6-2,23-19-15-11-7-3)24-20-16-12-8-4;1-2-3-4/h5-24H2,1-4H3;2-3H2,1H3/q+1;-1. The van der Waals surface area contributed by atoms with E-state index >= 15 is 0 Å². The third-order valence-electron chi connectivity index (χ3n) is 6.15. The van der Waals surface area contributed by atoms with Crippen molar-refractivity contribution in [1.82, 2.24) is 0 Å². The molecule has 0 saturated carbocycles. The molecule has 2 heteroatoms. The molecule has 0 aromatic rings. The molecule has 0 aliphatic rings. The Labute approximate surface area is 186 Å². The van der Waals surface area contributed by atoms with Gasteiger partial charge in [0, 0.05) is 0 Å². The van der Waals surface area contributed by atoms with Crippen LogP contribution in [0.4, 0.5) is 0 Å². The first-order chi connectivity index (χ1) is 14.2. The first kappa shape index (κ1) is 31.1. The monoisotopic (exact) mass is 413 g/mol. The second kappa shape index (κ2) is 26.0. The second-order valence-electron chi connectivity index (χ2n) is 9.18. The number of hydrogen-bond acceptors (Lipinski definition) is 1. The van der Waals surface area contributed by atoms with E-state index in [9.17, 15) is 5.11 Å². The van der Waals surface area contributed by atoms with Crippen LogP contribution in [0.5, 0.6) is 0 Å². The molecule has 29 heavy (non-hydrogen) atoms. The van der Waals surface area contributed by atoms with Gasteiger partial charge in [0.05, 0.1) is 26.2 Å². The molecular weight excluding hydrogens is 354 g/mol. The lowest BCUT2D eigenvalue weighted by molar-refractivity contribution is -0.929. The van der Waals surface area contributed by atoms with Crippen molar-refractivity contribution in [1.29, 1.82) is 0 Å². The van der Waals surface area contributed by atoms with Crippen LogP contribution < -0.4 is 5.11 Å². The van der Waals surface area contributed by atoms with E-state index in [1.54, 1.807) is 0 Å². The highest BCUT2D eigenvalue weighted by atomic mass is 16.2. The van der Waals surface area contributed by atoms with Crippen LogP contribution in [-0.2, 0) is 0 Å². The molecule has 0 fully saturated rings. The van der Waals surface area contributed by atoms with Crippen molar-refractivity contribution in [2.75, 3.05) is 32.8 Å². The Balaban J connectivity index is 0. The van der Waals surface area contributed by atoms with Gasteiger partial charge >= 0.3 is 0 Å². The third kappa shape index (κ3) is 22.4. The minimum Gasteiger partial charge on any atom is -0.854 e. The number of rotatable bonds is 21. The quantitative estimate of drug-likeness (QED) is 0.139. The molecule has 0 aliphatic heterocycles. The molecule has 0 aromatic carbocycles. The Morgan fingerprint density at radius 1 is 0.379 bits per heavy atom. The summed E-state index contributed by atoms with van der Waals surface area (Å²) in [5, 5.41) is 9.30. The highest BCUT2D eigenvalue weighted by Gasteiger charge is 2.25. The molecule has 0 unspecified atom stereocenters. The molecule has 0 atom stereocenters. The van der Waals surface area contributed by atoms with Crippen LogP contribution in [0, 0.1) is 0 Å². The SMILES string of the molecule is CCCCCC[N+](CCCCCC)(CCCCCC)CCCCCC.CCC[O-]. The van der Waals surface area contributed by atoms with Gasteiger partial charge in [-0.2, -0.15) is 0 Å². The number of quaternary nitrogens is 1. The van der Waals surface area contributed by atoms with Crippen molar-refractivity contribution >= 4 is 0 Å². The zero-order valence-corrected chi connectivity index (χ0v) is 21.4. The molecule has 0 amide bonds. The fourth-order valence-electron chi connectivity index (χ4n) is 4.17. The van der Waals surface area contributed by atoms with Crippen molar-refractivity contribution < 1.29 is 9.59 Å². The lowest BCUT2D eigenvalue weighted by Gasteiger charge is -2.39. The Morgan fingerprint density at radius 3 is 0.793 bits per heavy atom. The molecule has 0 aliphatic carbocycles. The summed E-state index contributed by atoms with van der Waals surface area (Å²) in [6, 6.07) is 0. The van der Waals surface area contributed by atoms with Gasteiger partial charge in [-0.15, -0.1) is 6.61 Å². The van der Waals surface area contributed by atoms with Crippen LogP contribution in [-0.4, -0.2) is 37.3 Å². The van der Waals surface area contributed by atoms with Crippen LogP contribution in [0.15, 0.2) is 0 Å². The van der Waals surface area contributed by atoms with E-state index in [1.807, 2.05) is 6.92 Å². The van der Waals surface area contributed by atoms with Crippen molar-refractivity contribution in [3.8, 4) is 0 Å². The minimum atomic E-state index is 0.0694. The summed E-state index contributed by atoms with van der Waals surface area (Å²) in [6.07, 6.45) is 23.6. The summed E-state index contributed by atoms with van der Waals surface area (Å²) in [5.74, 6) is 0. The largest absolute Gasteiger partial charge is 0.854 e. The lowest BCUT2D eigenvalue weighted by Crippen LogP contribution is -2.50. The van der Waals surface area contributed by atoms with Gasteiger partial charge in [0.2, 0.25) is 0 Å². The number of unbranched alkanes of at least 4 members (excludes halogenated alkanes) is 12. The van der Waals surface area contributed by atoms with Gasteiger partial charge in [-0.25, -0.2) is 0 Å². The predicted molar refractivity (Wildman–Crippen MR) is 131 cm³/mol. The zero-order valence-electron chi connectivity index (χ0n) is 21.4. The summed E-state index contributed by atoms with van der Waals surface area (Å²) in [6.45, 7) is 17.1. The van der Waals surface area contributed by atoms with Crippen molar-refractivity contribution in [3.05, 3.63) is 0 Å². The molecule has 2 nitrogen and oxygen atoms in total. The van der Waals surface area contributed by atoms with E-state index in [2.05, 4.69) is 27.7 Å². The average molecular weight is 414 g/mol. The molecule has 0 radical (unpaired) electrons. The Kier molecular flexibility index (Phi) is 27.8. The molecule has 0 N–H and O–H groups in total. The normalized spacial score (nSPS) is 11.4. The summed E-state index contributed by atoms with van der Waals surface area (Å²) < 4.78 is 1.46. The van der Waals surface area contributed by atoms with Gasteiger partial charge < -0.3 is 9.59 Å². The minimum absolute atomic E-state index is 0.0694. The fraction of sp³-hybridized carbons (Fsp3) is 1.00. The second-order valence-corrected chi connectivity index (χ2v) is 9.18. The smallest absolute Gasteiger partial charge is 0.0786 e. The summed E-state index contributed by atoms with van der Waals surface area (Å²) in [4.78, 5) is 0. The van der Waals surface area contributed by atoms with Crippen LogP contribution in [0.25, 0.3) is 0 Å². The van der Waals surface area contributed by atoms with Gasteiger partial charge in [-0.1, -0.05) is 92.4 Å². The summed E-state index contributed by atoms with van der Waals surface area (Å²) >= 11 is 0. The van der Waals surface area contributed by atoms with Crippen LogP contribution in [0.3, 0.4) is 0 Å². The molecule has 0 heterocycles. The molecule has 0 aromatic heterocycles. The summed E-state index contributed by atoms with van der Waals surface area (Å²) in [5.41, 5.74) is 0. The topological polar surface area (TPSA) is 23.1 Å². The molecule has 0 rings (SSSR count). The molecule has 0 spiro atoms. The highest BCUT2D eigenvalue weighted by molar-refractivity contribution is 4.53. The van der Waals surface area contributed by atoms with E-state index in [1.165, 1.54) is 133 Å². The Bertz CT molecular complexity index is 224. The van der Waals surface area contributed by atoms with Crippen molar-refractivity contribution in [2.45, 2.75) is 144 Å². The average Bonchev–Trinajstić information content (AvgIpc) is 2.75. The number of hydrogen-bond donors (Lipinski definition) is 0. The predicted octanol–water partition coefficient (Wildman–Crippen LogP) is 7.88. The lowest BCUT2D eigenvalue weighted by atomic mass is 10.1. The van der Waals surface area contributed by atoms with Gasteiger partial charge in [-0.05, 0) is 51.4 Å². The van der Waals surface area contributed by atoms with Gasteiger partial charge in [0.25, 0.3) is 0 Å². The van der Waals surface area contributed by atoms with Gasteiger partial charge in [0.1, 0.15) is 0 Å². The van der Waals surface area contributed by atoms with E-state index in [0.717, 1.165) is 6.42 Å². The molecular formula is C27H59NO. The Morgan fingerprint density at radius 2 is 0.621 bits per heavy atom. The fourth-order valence-corrected chi connectivity index (χ4v) is 4.17. The van der Waals surface area contributed by atoms with Gasteiger partial charge in [0.15, 0.2) is 0 Å². The van der Waals surface area contributed by atoms with Crippen molar-refractivity contribution in [3.63, 3.8) is 0 Å². The van der Waals surface area contributed by atoms with Gasteiger partial charge in [-0.3, -0.25) is 0 Å². The van der Waals surface area contributed by atoms with Crippen molar-refractivity contribution in [2.24, 2.45) is 0 Å². The number of nitrogens with zero attached hydrogens (tertiary/aromatic N) is 1. The highest BCUT2D eigenvalue weighted by Crippen LogP contribution is 2.19. The van der Waals surface area contributed by atoms with Crippen LogP contribution >= 0.6 is 0 Å². The van der Waals surface area contributed by atoms with E-state index in [4.69, 9.17) is 0 Å². The van der Waals surface area contributed by atoms with Crippen LogP contribution in [0.1, 0.15) is 144 Å². The maximum Gasteiger partial charge on any atom is 0.0786 e.